The Morgan fingerprint density at radius 2 is 1.40 bits per heavy atom. The number of para-hydroxylation sites is 1. The Labute approximate surface area is 331 Å². The van der Waals surface area contributed by atoms with Crippen LogP contribution in [0.5, 0.6) is 11.5 Å². The van der Waals surface area contributed by atoms with Gasteiger partial charge in [-0.1, -0.05) is 82.6 Å². The fourth-order valence-corrected chi connectivity index (χ4v) is 7.39. The van der Waals surface area contributed by atoms with Crippen LogP contribution in [0.25, 0.3) is 67.2 Å². The van der Waals surface area contributed by atoms with Crippen molar-refractivity contribution in [1.29, 1.82) is 0 Å². The van der Waals surface area contributed by atoms with E-state index in [0.717, 1.165) is 72.5 Å². The van der Waals surface area contributed by atoms with Gasteiger partial charge < -0.3 is 4.74 Å². The van der Waals surface area contributed by atoms with Crippen LogP contribution in [0.3, 0.4) is 0 Å². The summed E-state index contributed by atoms with van der Waals surface area (Å²) in [6.07, 6.45) is 8.52. The molecule has 0 atom stereocenters. The molecule has 0 spiro atoms. The van der Waals surface area contributed by atoms with Crippen molar-refractivity contribution in [2.75, 3.05) is 0 Å². The second-order valence-corrected chi connectivity index (χ2v) is 15.7. The molecule has 0 bridgehead atoms. The first-order valence-corrected chi connectivity index (χ1v) is 19.2. The number of benzene rings is 4. The van der Waals surface area contributed by atoms with Gasteiger partial charge in [0, 0.05) is 52.6 Å². The van der Waals surface area contributed by atoms with Crippen LogP contribution in [-0.2, 0) is 5.41 Å². The SMILES string of the molecule is Cc1ccc(-c2c(-c3ccncc3)nn(-c3cc(Oc4ccc5c6ccccc6n(-c6cc(C(C)C)ccn6)c5c4)cc(C(C)(C)C)c3)c2-c2ncncn2)cc1. The summed E-state index contributed by atoms with van der Waals surface area (Å²) >= 11 is 0. The molecule has 5 aromatic heterocycles. The number of hydrogen-bond donors (Lipinski definition) is 0. The fraction of sp³-hybridized carbons (Fsp3) is 0.167. The van der Waals surface area contributed by atoms with E-state index >= 15 is 0 Å². The summed E-state index contributed by atoms with van der Waals surface area (Å²) in [6, 6.07) is 37.8. The predicted molar refractivity (Wildman–Crippen MR) is 227 cm³/mol. The van der Waals surface area contributed by atoms with Gasteiger partial charge in [0.25, 0.3) is 0 Å². The van der Waals surface area contributed by atoms with E-state index in [9.17, 15) is 0 Å². The maximum absolute atomic E-state index is 6.87. The van der Waals surface area contributed by atoms with Crippen LogP contribution in [0.1, 0.15) is 57.2 Å². The van der Waals surface area contributed by atoms with Crippen LogP contribution in [0.4, 0.5) is 0 Å². The normalized spacial score (nSPS) is 11.8. The molecule has 0 aliphatic heterocycles. The van der Waals surface area contributed by atoms with Gasteiger partial charge in [-0.3, -0.25) is 9.55 Å². The lowest BCUT2D eigenvalue weighted by atomic mass is 9.86. The number of aryl methyl sites for hydroxylation is 1. The number of nitrogens with zero attached hydrogens (tertiary/aromatic N) is 8. The van der Waals surface area contributed by atoms with Crippen molar-refractivity contribution in [2.24, 2.45) is 0 Å². The van der Waals surface area contributed by atoms with Crippen LogP contribution >= 0.6 is 0 Å². The standard InChI is InChI=1S/C48H42N8O/c1-30(2)34-19-22-51-43(23-34)55-41-10-8-7-9-39(41)40-16-15-37(27-42(40)55)57-38-25-35(48(4,5)6)24-36(26-38)56-46(47-52-28-50-29-53-47)44(32-13-11-31(3)12-14-32)45(54-56)33-17-20-49-21-18-33/h7-30H,1-6H3. The molecule has 4 aromatic carbocycles. The van der Waals surface area contributed by atoms with Crippen molar-refractivity contribution in [3.63, 3.8) is 0 Å². The van der Waals surface area contributed by atoms with Crippen LogP contribution in [0, 0.1) is 6.92 Å². The molecule has 0 amide bonds. The van der Waals surface area contributed by atoms with Crippen molar-refractivity contribution in [3.05, 3.63) is 157 Å². The minimum atomic E-state index is -0.216. The lowest BCUT2D eigenvalue weighted by Gasteiger charge is -2.22. The maximum atomic E-state index is 6.87. The Morgan fingerprint density at radius 3 is 2.16 bits per heavy atom. The van der Waals surface area contributed by atoms with Gasteiger partial charge in [-0.2, -0.15) is 5.10 Å². The van der Waals surface area contributed by atoms with Crippen molar-refractivity contribution in [1.82, 2.24) is 39.3 Å². The summed E-state index contributed by atoms with van der Waals surface area (Å²) in [4.78, 5) is 22.6. The Hall–Kier alpha value is -7.00. The molecule has 0 saturated carbocycles. The number of hydrogen-bond acceptors (Lipinski definition) is 7. The fourth-order valence-electron chi connectivity index (χ4n) is 7.39. The number of pyridine rings is 2. The summed E-state index contributed by atoms with van der Waals surface area (Å²) in [7, 11) is 0. The number of fused-ring (bicyclic) bond motifs is 3. The smallest absolute Gasteiger partial charge is 0.181 e. The first-order valence-electron chi connectivity index (χ1n) is 19.2. The molecule has 0 radical (unpaired) electrons. The monoisotopic (exact) mass is 746 g/mol. The molecule has 280 valence electrons. The highest BCUT2D eigenvalue weighted by atomic mass is 16.5. The van der Waals surface area contributed by atoms with E-state index in [0.29, 0.717) is 23.2 Å². The highest BCUT2D eigenvalue weighted by Gasteiger charge is 2.27. The van der Waals surface area contributed by atoms with E-state index in [1.165, 1.54) is 18.2 Å². The quantitative estimate of drug-likeness (QED) is 0.153. The lowest BCUT2D eigenvalue weighted by Crippen LogP contribution is -2.13. The largest absolute Gasteiger partial charge is 0.457 e. The van der Waals surface area contributed by atoms with E-state index in [4.69, 9.17) is 14.8 Å². The van der Waals surface area contributed by atoms with E-state index < -0.39 is 0 Å². The summed E-state index contributed by atoms with van der Waals surface area (Å²) in [5.74, 6) is 3.14. The Kier molecular flexibility index (Phi) is 8.92. The van der Waals surface area contributed by atoms with Gasteiger partial charge in [0.2, 0.25) is 0 Å². The van der Waals surface area contributed by atoms with Gasteiger partial charge in [0.1, 0.15) is 41.4 Å². The second-order valence-electron chi connectivity index (χ2n) is 15.7. The topological polar surface area (TPSA) is 96.4 Å². The average molecular weight is 747 g/mol. The zero-order valence-corrected chi connectivity index (χ0v) is 32.8. The number of rotatable bonds is 8. The average Bonchev–Trinajstić information content (AvgIpc) is 3.78. The van der Waals surface area contributed by atoms with Crippen LogP contribution in [0.15, 0.2) is 140 Å². The van der Waals surface area contributed by atoms with Crippen molar-refractivity contribution < 1.29 is 4.74 Å². The maximum Gasteiger partial charge on any atom is 0.181 e. The molecule has 0 fully saturated rings. The van der Waals surface area contributed by atoms with Gasteiger partial charge in [-0.05, 0) is 89.5 Å². The molecule has 9 rings (SSSR count). The molecule has 9 nitrogen and oxygen atoms in total. The summed E-state index contributed by atoms with van der Waals surface area (Å²) in [5.41, 5.74) is 10.5. The van der Waals surface area contributed by atoms with Crippen molar-refractivity contribution in [2.45, 2.75) is 52.9 Å². The third kappa shape index (κ3) is 6.71. The second kappa shape index (κ2) is 14.3. The lowest BCUT2D eigenvalue weighted by molar-refractivity contribution is 0.478. The molecule has 9 heteroatoms. The molecule has 0 N–H and O–H groups in total. The molecule has 9 aromatic rings. The van der Waals surface area contributed by atoms with Crippen LogP contribution in [0.2, 0.25) is 0 Å². The zero-order valence-electron chi connectivity index (χ0n) is 32.8. The van der Waals surface area contributed by atoms with Gasteiger partial charge >= 0.3 is 0 Å². The molecular weight excluding hydrogens is 705 g/mol. The third-order valence-corrected chi connectivity index (χ3v) is 10.4. The van der Waals surface area contributed by atoms with Gasteiger partial charge in [-0.25, -0.2) is 24.6 Å². The predicted octanol–water partition coefficient (Wildman–Crippen LogP) is 11.5. The van der Waals surface area contributed by atoms with Crippen LogP contribution < -0.4 is 4.74 Å². The van der Waals surface area contributed by atoms with Gasteiger partial charge in [0.05, 0.1) is 16.7 Å². The van der Waals surface area contributed by atoms with Gasteiger partial charge in [-0.15, -0.1) is 0 Å². The van der Waals surface area contributed by atoms with Crippen molar-refractivity contribution in [3.8, 4) is 56.9 Å². The summed E-state index contributed by atoms with van der Waals surface area (Å²) in [5, 5.41) is 7.64. The molecular formula is C48H42N8O. The molecule has 57 heavy (non-hydrogen) atoms. The third-order valence-electron chi connectivity index (χ3n) is 10.4. The van der Waals surface area contributed by atoms with E-state index in [-0.39, 0.29) is 5.41 Å². The zero-order chi connectivity index (χ0) is 39.3. The first kappa shape index (κ1) is 35.7. The number of ether oxygens (including phenoxy) is 1. The van der Waals surface area contributed by atoms with Crippen LogP contribution in [-0.4, -0.2) is 39.3 Å². The number of aromatic nitrogens is 8. The highest BCUT2D eigenvalue weighted by molar-refractivity contribution is 6.09. The van der Waals surface area contributed by atoms with E-state index in [1.54, 1.807) is 12.4 Å². The Bertz CT molecular complexity index is 2890. The molecule has 0 aliphatic carbocycles. The molecule has 0 saturated heterocycles. The minimum absolute atomic E-state index is 0.216. The molecule has 0 unspecified atom stereocenters. The van der Waals surface area contributed by atoms with Gasteiger partial charge in [0.15, 0.2) is 5.82 Å². The summed E-state index contributed by atoms with van der Waals surface area (Å²) < 4.78 is 11.0. The minimum Gasteiger partial charge on any atom is -0.457 e. The van der Waals surface area contributed by atoms with E-state index in [2.05, 4.69) is 151 Å². The van der Waals surface area contributed by atoms with Crippen molar-refractivity contribution >= 4 is 21.8 Å². The summed E-state index contributed by atoms with van der Waals surface area (Å²) in [6.45, 7) is 13.1. The van der Waals surface area contributed by atoms with E-state index in [1.807, 2.05) is 35.1 Å². The first-order chi connectivity index (χ1) is 27.6. The highest BCUT2D eigenvalue weighted by Crippen LogP contribution is 2.42. The molecule has 0 aliphatic rings. The Balaban J connectivity index is 1.24. The Morgan fingerprint density at radius 1 is 0.649 bits per heavy atom. The molecule has 5 heterocycles.